The summed E-state index contributed by atoms with van der Waals surface area (Å²) in [5.74, 6) is -0.114. The average Bonchev–Trinajstić information content (AvgIpc) is 2.38. The number of non-ortho nitro benzene ring substituents is 1. The lowest BCUT2D eigenvalue weighted by atomic mass is 9.91. The molecule has 0 spiro atoms. The first kappa shape index (κ1) is 16.0. The van der Waals surface area contributed by atoms with E-state index >= 15 is 0 Å². The monoisotopic (exact) mass is 295 g/mol. The number of carbonyl (C=O) groups excluding carboxylic acids is 1. The molecule has 108 valence electrons. The molecule has 0 unspecified atom stereocenters. The lowest BCUT2D eigenvalue weighted by Gasteiger charge is -2.28. The molecule has 0 heterocycles. The van der Waals surface area contributed by atoms with Crippen LogP contribution >= 0.6 is 12.2 Å². The van der Waals surface area contributed by atoms with E-state index in [0.717, 1.165) is 0 Å². The number of hydrogen-bond donors (Lipinski definition) is 1. The number of hydrogen-bond acceptors (Lipinski definition) is 4. The minimum absolute atomic E-state index is 0.00472. The largest absolute Gasteiger partial charge is 0.349 e. The predicted octanol–water partition coefficient (Wildman–Crippen LogP) is 2.45. The van der Waals surface area contributed by atoms with Gasteiger partial charge in [0, 0.05) is 31.9 Å². The Morgan fingerprint density at radius 3 is 2.20 bits per heavy atom. The van der Waals surface area contributed by atoms with Crippen LogP contribution in [0.25, 0.3) is 0 Å². The second kappa shape index (κ2) is 5.96. The number of nitrogens with one attached hydrogen (secondary N) is 1. The Bertz CT molecular complexity index is 538. The van der Waals surface area contributed by atoms with Crippen molar-refractivity contribution in [1.82, 2.24) is 4.90 Å². The van der Waals surface area contributed by atoms with Crippen molar-refractivity contribution in [1.29, 1.82) is 0 Å². The van der Waals surface area contributed by atoms with E-state index in [2.05, 4.69) is 5.32 Å². The fourth-order valence-electron chi connectivity index (χ4n) is 1.61. The number of rotatable bonds is 4. The molecule has 0 saturated heterocycles. The second-order valence-electron chi connectivity index (χ2n) is 5.08. The van der Waals surface area contributed by atoms with Gasteiger partial charge in [0.15, 0.2) is 0 Å². The van der Waals surface area contributed by atoms with Crippen molar-refractivity contribution >= 4 is 34.5 Å². The zero-order valence-electron chi connectivity index (χ0n) is 11.8. The van der Waals surface area contributed by atoms with Gasteiger partial charge in [-0.2, -0.15) is 0 Å². The topological polar surface area (TPSA) is 75.5 Å². The Balaban J connectivity index is 2.85. The second-order valence-corrected chi connectivity index (χ2v) is 5.49. The maximum atomic E-state index is 12.0. The molecule has 0 aliphatic carbocycles. The molecule has 0 radical (unpaired) electrons. The molecule has 0 atom stereocenters. The van der Waals surface area contributed by atoms with E-state index in [4.69, 9.17) is 12.2 Å². The van der Waals surface area contributed by atoms with Gasteiger partial charge in [-0.1, -0.05) is 12.2 Å². The quantitative estimate of drug-likeness (QED) is 0.524. The fourth-order valence-corrected chi connectivity index (χ4v) is 1.82. The standard InChI is InChI=1S/C13H17N3O3S/c1-13(2,12(17)15(3)4)11(20)14-9-5-7-10(8-6-9)16(18)19/h5-8H,1-4H3,(H,14,20). The molecule has 0 aliphatic rings. The van der Waals surface area contributed by atoms with Gasteiger partial charge in [-0.25, -0.2) is 0 Å². The molecule has 6 nitrogen and oxygen atoms in total. The molecule has 0 aromatic heterocycles. The number of anilines is 1. The Labute approximate surface area is 122 Å². The first-order chi connectivity index (χ1) is 9.16. The Morgan fingerprint density at radius 2 is 1.80 bits per heavy atom. The van der Waals surface area contributed by atoms with E-state index in [1.165, 1.54) is 17.0 Å². The molecule has 0 bridgehead atoms. The summed E-state index contributed by atoms with van der Waals surface area (Å²) >= 11 is 5.26. The zero-order chi connectivity index (χ0) is 15.5. The van der Waals surface area contributed by atoms with E-state index < -0.39 is 10.3 Å². The van der Waals surface area contributed by atoms with Crippen LogP contribution in [0.2, 0.25) is 0 Å². The van der Waals surface area contributed by atoms with E-state index in [1.807, 2.05) is 0 Å². The number of amides is 1. The Hall–Kier alpha value is -2.02. The third-order valence-corrected chi connectivity index (χ3v) is 3.46. The normalized spacial score (nSPS) is 10.8. The van der Waals surface area contributed by atoms with Crippen LogP contribution < -0.4 is 5.32 Å². The summed E-state index contributed by atoms with van der Waals surface area (Å²) in [4.78, 5) is 24.0. The maximum absolute atomic E-state index is 12.0. The highest BCUT2D eigenvalue weighted by Crippen LogP contribution is 2.23. The van der Waals surface area contributed by atoms with E-state index in [-0.39, 0.29) is 11.6 Å². The highest BCUT2D eigenvalue weighted by Gasteiger charge is 2.34. The molecule has 1 aromatic rings. The first-order valence-corrected chi connectivity index (χ1v) is 6.34. The van der Waals surface area contributed by atoms with Gasteiger partial charge in [0.1, 0.15) is 0 Å². The van der Waals surface area contributed by atoms with Gasteiger partial charge in [0.2, 0.25) is 5.91 Å². The highest BCUT2D eigenvalue weighted by molar-refractivity contribution is 7.80. The van der Waals surface area contributed by atoms with Crippen molar-refractivity contribution in [3.8, 4) is 0 Å². The van der Waals surface area contributed by atoms with Gasteiger partial charge in [0.05, 0.1) is 15.3 Å². The smallest absolute Gasteiger partial charge is 0.269 e. The first-order valence-electron chi connectivity index (χ1n) is 5.94. The van der Waals surface area contributed by atoms with E-state index in [0.29, 0.717) is 10.7 Å². The SMILES string of the molecule is CN(C)C(=O)C(C)(C)C(=S)Nc1ccc([N+](=O)[O-])cc1. The van der Waals surface area contributed by atoms with Crippen LogP contribution in [0.1, 0.15) is 13.8 Å². The highest BCUT2D eigenvalue weighted by atomic mass is 32.1. The molecule has 1 amide bonds. The van der Waals surface area contributed by atoms with Crippen LogP contribution in [0.15, 0.2) is 24.3 Å². The molecule has 1 rings (SSSR count). The van der Waals surface area contributed by atoms with Crippen molar-refractivity contribution in [2.24, 2.45) is 5.41 Å². The van der Waals surface area contributed by atoms with Gasteiger partial charge >= 0.3 is 0 Å². The molecule has 0 saturated carbocycles. The van der Waals surface area contributed by atoms with Crippen LogP contribution in [0.5, 0.6) is 0 Å². The van der Waals surface area contributed by atoms with E-state index in [9.17, 15) is 14.9 Å². The number of carbonyl (C=O) groups is 1. The Kier molecular flexibility index (Phi) is 4.78. The van der Waals surface area contributed by atoms with Crippen LogP contribution in [0, 0.1) is 15.5 Å². The summed E-state index contributed by atoms with van der Waals surface area (Å²) in [7, 11) is 3.33. The van der Waals surface area contributed by atoms with Crippen molar-refractivity contribution in [3.05, 3.63) is 34.4 Å². The van der Waals surface area contributed by atoms with Crippen LogP contribution in [-0.2, 0) is 4.79 Å². The minimum Gasteiger partial charge on any atom is -0.349 e. The number of nitro benzene ring substituents is 1. The summed E-state index contributed by atoms with van der Waals surface area (Å²) < 4.78 is 0. The molecular weight excluding hydrogens is 278 g/mol. The summed E-state index contributed by atoms with van der Waals surface area (Å²) in [5, 5.41) is 13.5. The molecule has 20 heavy (non-hydrogen) atoms. The van der Waals surface area contributed by atoms with Gasteiger partial charge in [0.25, 0.3) is 5.69 Å². The van der Waals surface area contributed by atoms with Crippen LogP contribution in [0.4, 0.5) is 11.4 Å². The van der Waals surface area contributed by atoms with Crippen LogP contribution in [0.3, 0.4) is 0 Å². The number of thiocarbonyl (C=S) groups is 1. The number of nitrogens with zero attached hydrogens (tertiary/aromatic N) is 2. The van der Waals surface area contributed by atoms with Gasteiger partial charge < -0.3 is 10.2 Å². The third-order valence-electron chi connectivity index (χ3n) is 2.84. The third kappa shape index (κ3) is 3.51. The van der Waals surface area contributed by atoms with E-state index in [1.54, 1.807) is 40.1 Å². The maximum Gasteiger partial charge on any atom is 0.269 e. The molecular formula is C13H17N3O3S. The molecule has 1 N–H and O–H groups in total. The van der Waals surface area contributed by atoms with Gasteiger partial charge in [-0.05, 0) is 26.0 Å². The summed E-state index contributed by atoms with van der Waals surface area (Å²) in [5.41, 5.74) is -0.231. The van der Waals surface area contributed by atoms with Crippen LogP contribution in [-0.4, -0.2) is 34.8 Å². The number of nitro groups is 1. The van der Waals surface area contributed by atoms with Crippen molar-refractivity contribution in [2.75, 3.05) is 19.4 Å². The summed E-state index contributed by atoms with van der Waals surface area (Å²) in [6.07, 6.45) is 0. The fraction of sp³-hybridized carbons (Fsp3) is 0.385. The van der Waals surface area contributed by atoms with Gasteiger partial charge in [-0.15, -0.1) is 0 Å². The van der Waals surface area contributed by atoms with Crippen molar-refractivity contribution in [2.45, 2.75) is 13.8 Å². The lowest BCUT2D eigenvalue weighted by molar-refractivity contribution is -0.384. The minimum atomic E-state index is -0.847. The lowest BCUT2D eigenvalue weighted by Crippen LogP contribution is -2.43. The zero-order valence-corrected chi connectivity index (χ0v) is 12.7. The number of benzene rings is 1. The average molecular weight is 295 g/mol. The summed E-state index contributed by atoms with van der Waals surface area (Å²) in [6, 6.07) is 5.87. The summed E-state index contributed by atoms with van der Waals surface area (Å²) in [6.45, 7) is 3.46. The molecule has 0 aliphatic heterocycles. The molecule has 1 aromatic carbocycles. The predicted molar refractivity (Wildman–Crippen MR) is 81.8 cm³/mol. The Morgan fingerprint density at radius 1 is 1.30 bits per heavy atom. The molecule has 7 heteroatoms. The molecule has 0 fully saturated rings. The van der Waals surface area contributed by atoms with Crippen molar-refractivity contribution < 1.29 is 9.72 Å². The van der Waals surface area contributed by atoms with Crippen molar-refractivity contribution in [3.63, 3.8) is 0 Å². The van der Waals surface area contributed by atoms with Gasteiger partial charge in [-0.3, -0.25) is 14.9 Å².